The molecule has 5 nitrogen and oxygen atoms in total. The third-order valence-electron chi connectivity index (χ3n) is 2.77. The molecule has 104 valence electrons. The van der Waals surface area contributed by atoms with E-state index in [0.717, 1.165) is 12.0 Å². The lowest BCUT2D eigenvalue weighted by molar-refractivity contribution is 0.112. The van der Waals surface area contributed by atoms with E-state index in [-0.39, 0.29) is 0 Å². The van der Waals surface area contributed by atoms with Crippen LogP contribution in [0.25, 0.3) is 5.69 Å². The van der Waals surface area contributed by atoms with Crippen molar-refractivity contribution in [2.75, 3.05) is 0 Å². The fourth-order valence-electron chi connectivity index (χ4n) is 1.79. The van der Waals surface area contributed by atoms with Gasteiger partial charge in [-0.05, 0) is 46.5 Å². The number of carbonyl (C=O) groups is 1. The zero-order chi connectivity index (χ0) is 14.7. The maximum Gasteiger partial charge on any atom is 0.218 e. The van der Waals surface area contributed by atoms with Crippen molar-refractivity contribution in [1.29, 1.82) is 0 Å². The lowest BCUT2D eigenvalue weighted by Gasteiger charge is -2.06. The van der Waals surface area contributed by atoms with E-state index in [2.05, 4.69) is 15.5 Å². The fourth-order valence-corrected chi connectivity index (χ4v) is 2.98. The van der Waals surface area contributed by atoms with Gasteiger partial charge in [0.2, 0.25) is 5.16 Å². The molecule has 21 heavy (non-hydrogen) atoms. The second-order valence-corrected chi connectivity index (χ2v) is 5.50. The first-order valence-electron chi connectivity index (χ1n) is 6.05. The molecule has 1 aromatic heterocycles. The maximum absolute atomic E-state index is 11.2. The van der Waals surface area contributed by atoms with Crippen molar-refractivity contribution < 1.29 is 4.79 Å². The van der Waals surface area contributed by atoms with Gasteiger partial charge in [-0.15, -0.1) is 5.10 Å². The van der Waals surface area contributed by atoms with Crippen LogP contribution < -0.4 is 0 Å². The second-order valence-electron chi connectivity index (χ2n) is 4.08. The topological polar surface area (TPSA) is 60.7 Å². The zero-order valence-corrected chi connectivity index (χ0v) is 12.3. The minimum Gasteiger partial charge on any atom is -0.298 e. The van der Waals surface area contributed by atoms with Crippen LogP contribution in [0.4, 0.5) is 0 Å². The number of hydrogen-bond donors (Lipinski definition) is 0. The van der Waals surface area contributed by atoms with Crippen molar-refractivity contribution in [3.8, 4) is 5.69 Å². The van der Waals surface area contributed by atoms with Crippen LogP contribution in [-0.4, -0.2) is 26.5 Å². The van der Waals surface area contributed by atoms with Gasteiger partial charge in [0.25, 0.3) is 0 Å². The lowest BCUT2D eigenvalue weighted by atomic mass is 10.2. The summed E-state index contributed by atoms with van der Waals surface area (Å²) in [5.41, 5.74) is 1.28. The van der Waals surface area contributed by atoms with Gasteiger partial charge in [0.1, 0.15) is 0 Å². The Hall–Kier alpha value is -2.18. The summed E-state index contributed by atoms with van der Waals surface area (Å²) >= 11 is 7.32. The van der Waals surface area contributed by atoms with E-state index in [4.69, 9.17) is 11.6 Å². The molecular weight excluding hydrogens is 308 g/mol. The standard InChI is InChI=1S/C14H9ClN4OS/c15-12-7-4-8-13(11(12)9-20)21-14-16-17-18-19(14)10-5-2-1-3-6-10/h1-9H. The molecular formula is C14H9ClN4OS. The monoisotopic (exact) mass is 316 g/mol. The first kappa shape index (κ1) is 13.8. The van der Waals surface area contributed by atoms with Crippen molar-refractivity contribution in [2.24, 2.45) is 0 Å². The molecule has 0 atom stereocenters. The number of nitrogens with zero attached hydrogens (tertiary/aromatic N) is 4. The van der Waals surface area contributed by atoms with Gasteiger partial charge in [0, 0.05) is 10.5 Å². The molecule has 3 aromatic rings. The Morgan fingerprint density at radius 3 is 2.67 bits per heavy atom. The third kappa shape index (κ3) is 2.81. The van der Waals surface area contributed by atoms with E-state index < -0.39 is 0 Å². The molecule has 3 rings (SSSR count). The Kier molecular flexibility index (Phi) is 3.98. The largest absolute Gasteiger partial charge is 0.298 e. The molecule has 0 bridgehead atoms. The first-order valence-corrected chi connectivity index (χ1v) is 7.24. The highest BCUT2D eigenvalue weighted by atomic mass is 35.5. The quantitative estimate of drug-likeness (QED) is 0.691. The average Bonchev–Trinajstić information content (AvgIpc) is 2.97. The number of hydrogen-bond acceptors (Lipinski definition) is 5. The molecule has 0 saturated heterocycles. The molecule has 0 spiro atoms. The normalized spacial score (nSPS) is 10.5. The Morgan fingerprint density at radius 1 is 1.10 bits per heavy atom. The molecule has 2 aromatic carbocycles. The summed E-state index contributed by atoms with van der Waals surface area (Å²) in [4.78, 5) is 11.9. The smallest absolute Gasteiger partial charge is 0.218 e. The van der Waals surface area contributed by atoms with E-state index in [1.807, 2.05) is 36.4 Å². The summed E-state index contributed by atoms with van der Waals surface area (Å²) in [6.45, 7) is 0. The maximum atomic E-state index is 11.2. The summed E-state index contributed by atoms with van der Waals surface area (Å²) in [5, 5.41) is 12.6. The average molecular weight is 317 g/mol. The number of aromatic nitrogens is 4. The van der Waals surface area contributed by atoms with Gasteiger partial charge in [-0.25, -0.2) is 0 Å². The number of para-hydroxylation sites is 1. The molecule has 0 radical (unpaired) electrons. The van der Waals surface area contributed by atoms with Crippen LogP contribution in [0.5, 0.6) is 0 Å². The van der Waals surface area contributed by atoms with Crippen LogP contribution in [0, 0.1) is 0 Å². The van der Waals surface area contributed by atoms with Crippen LogP contribution in [0.2, 0.25) is 5.02 Å². The second kappa shape index (κ2) is 6.07. The molecule has 1 heterocycles. The van der Waals surface area contributed by atoms with Crippen LogP contribution in [0.3, 0.4) is 0 Å². The first-order chi connectivity index (χ1) is 10.3. The molecule has 0 fully saturated rings. The minimum atomic E-state index is 0.411. The summed E-state index contributed by atoms with van der Waals surface area (Å²) in [6.07, 6.45) is 0.737. The Labute approximate surface area is 129 Å². The molecule has 0 aliphatic carbocycles. The Balaban J connectivity index is 1.99. The molecule has 0 aliphatic heterocycles. The van der Waals surface area contributed by atoms with Gasteiger partial charge in [-0.2, -0.15) is 4.68 Å². The summed E-state index contributed by atoms with van der Waals surface area (Å²) in [7, 11) is 0. The highest BCUT2D eigenvalue weighted by Gasteiger charge is 2.13. The van der Waals surface area contributed by atoms with Gasteiger partial charge in [-0.3, -0.25) is 4.79 Å². The number of benzene rings is 2. The number of tetrazole rings is 1. The van der Waals surface area contributed by atoms with E-state index in [9.17, 15) is 4.79 Å². The lowest BCUT2D eigenvalue weighted by Crippen LogP contribution is -1.98. The van der Waals surface area contributed by atoms with Crippen molar-refractivity contribution >= 4 is 29.6 Å². The Morgan fingerprint density at radius 2 is 1.90 bits per heavy atom. The van der Waals surface area contributed by atoms with Crippen molar-refractivity contribution in [3.05, 3.63) is 59.1 Å². The van der Waals surface area contributed by atoms with Crippen LogP contribution in [-0.2, 0) is 0 Å². The predicted octanol–water partition coefficient (Wildman–Crippen LogP) is 3.28. The molecule has 0 amide bonds. The van der Waals surface area contributed by atoms with Gasteiger partial charge in [0.05, 0.1) is 10.7 Å². The summed E-state index contributed by atoms with van der Waals surface area (Å²) < 4.78 is 1.61. The van der Waals surface area contributed by atoms with Crippen molar-refractivity contribution in [2.45, 2.75) is 10.1 Å². The SMILES string of the molecule is O=Cc1c(Cl)cccc1Sc1nnnn1-c1ccccc1. The van der Waals surface area contributed by atoms with Gasteiger partial charge in [-0.1, -0.05) is 35.9 Å². The molecule has 0 aliphatic rings. The van der Waals surface area contributed by atoms with Crippen LogP contribution in [0.1, 0.15) is 10.4 Å². The third-order valence-corrected chi connectivity index (χ3v) is 4.12. The minimum absolute atomic E-state index is 0.411. The van der Waals surface area contributed by atoms with E-state index in [1.54, 1.807) is 16.8 Å². The van der Waals surface area contributed by atoms with Gasteiger partial charge in [0.15, 0.2) is 6.29 Å². The summed E-state index contributed by atoms with van der Waals surface area (Å²) in [6, 6.07) is 14.8. The zero-order valence-electron chi connectivity index (χ0n) is 10.7. The van der Waals surface area contributed by atoms with Gasteiger partial charge >= 0.3 is 0 Å². The highest BCUT2D eigenvalue weighted by molar-refractivity contribution is 7.99. The molecule has 0 N–H and O–H groups in total. The summed E-state index contributed by atoms with van der Waals surface area (Å²) in [5.74, 6) is 0. The molecule has 0 unspecified atom stereocenters. The highest BCUT2D eigenvalue weighted by Crippen LogP contribution is 2.32. The Bertz CT molecular complexity index is 776. The fraction of sp³-hybridized carbons (Fsp3) is 0. The molecule has 0 saturated carbocycles. The predicted molar refractivity (Wildman–Crippen MR) is 80.1 cm³/mol. The van der Waals surface area contributed by atoms with Crippen molar-refractivity contribution in [3.63, 3.8) is 0 Å². The number of halogens is 1. The number of carbonyl (C=O) groups excluding carboxylic acids is 1. The van der Waals surface area contributed by atoms with Crippen LogP contribution in [0.15, 0.2) is 58.6 Å². The number of aldehydes is 1. The van der Waals surface area contributed by atoms with Gasteiger partial charge < -0.3 is 0 Å². The van der Waals surface area contributed by atoms with E-state index >= 15 is 0 Å². The molecule has 7 heteroatoms. The number of rotatable bonds is 4. The van der Waals surface area contributed by atoms with E-state index in [1.165, 1.54) is 11.8 Å². The van der Waals surface area contributed by atoms with E-state index in [0.29, 0.717) is 20.6 Å². The van der Waals surface area contributed by atoms with Crippen molar-refractivity contribution in [1.82, 2.24) is 20.2 Å². The van der Waals surface area contributed by atoms with Crippen LogP contribution >= 0.6 is 23.4 Å².